The number of hydrogen-bond donors (Lipinski definition) is 1. The number of nitrogens with one attached hydrogen (secondary N) is 1. The summed E-state index contributed by atoms with van der Waals surface area (Å²) in [5.41, 5.74) is -0.610. The second-order valence-corrected chi connectivity index (χ2v) is 6.41. The fourth-order valence-corrected chi connectivity index (χ4v) is 3.20. The lowest BCUT2D eigenvalue weighted by Crippen LogP contribution is -2.11. The number of aromatic amines is 1. The Hall–Kier alpha value is -1.99. The Morgan fingerprint density at radius 3 is 2.67 bits per heavy atom. The van der Waals surface area contributed by atoms with Gasteiger partial charge in [-0.1, -0.05) is 23.7 Å². The molecule has 0 bridgehead atoms. The Bertz CT molecular complexity index is 956. The second kappa shape index (κ2) is 6.49. The van der Waals surface area contributed by atoms with E-state index in [2.05, 4.69) is 9.97 Å². The minimum atomic E-state index is -4.51. The molecule has 0 saturated heterocycles. The molecular formula is C16H10ClF3N2OS. The van der Waals surface area contributed by atoms with Gasteiger partial charge in [-0.15, -0.1) is 11.8 Å². The maximum Gasteiger partial charge on any atom is 0.417 e. The Kier molecular flexibility index (Phi) is 4.56. The van der Waals surface area contributed by atoms with E-state index in [0.29, 0.717) is 21.6 Å². The van der Waals surface area contributed by atoms with Crippen molar-refractivity contribution in [2.75, 3.05) is 0 Å². The van der Waals surface area contributed by atoms with Gasteiger partial charge < -0.3 is 4.98 Å². The third-order valence-electron chi connectivity index (χ3n) is 3.28. The highest BCUT2D eigenvalue weighted by molar-refractivity contribution is 7.98. The van der Waals surface area contributed by atoms with E-state index in [1.165, 1.54) is 12.1 Å². The summed E-state index contributed by atoms with van der Waals surface area (Å²) in [4.78, 5) is 19.3. The number of aromatic nitrogens is 2. The van der Waals surface area contributed by atoms with Crippen molar-refractivity contribution >= 4 is 34.3 Å². The monoisotopic (exact) mass is 370 g/mol. The molecule has 3 nitrogen and oxygen atoms in total. The van der Waals surface area contributed by atoms with Gasteiger partial charge in [-0.3, -0.25) is 4.79 Å². The molecule has 0 spiro atoms. The quantitative estimate of drug-likeness (QED) is 0.668. The van der Waals surface area contributed by atoms with E-state index < -0.39 is 11.7 Å². The van der Waals surface area contributed by atoms with Crippen LogP contribution in [0.4, 0.5) is 13.2 Å². The predicted octanol–water partition coefficient (Wildman–Crippen LogP) is 4.89. The Balaban J connectivity index is 1.85. The number of H-pyrrole nitrogens is 1. The molecule has 8 heteroatoms. The van der Waals surface area contributed by atoms with Gasteiger partial charge in [-0.25, -0.2) is 4.98 Å². The molecule has 0 unspecified atom stereocenters. The van der Waals surface area contributed by atoms with Crippen LogP contribution in [0.2, 0.25) is 5.02 Å². The maximum atomic E-state index is 12.9. The number of thioether (sulfide) groups is 1. The number of rotatable bonds is 3. The number of fused-ring (bicyclic) bond motifs is 1. The fourth-order valence-electron chi connectivity index (χ4n) is 2.17. The van der Waals surface area contributed by atoms with E-state index >= 15 is 0 Å². The van der Waals surface area contributed by atoms with E-state index in [9.17, 15) is 18.0 Å². The molecule has 1 aromatic heterocycles. The number of benzene rings is 2. The number of nitrogens with zero attached hydrogens (tertiary/aromatic N) is 1. The summed E-state index contributed by atoms with van der Waals surface area (Å²) in [6.07, 6.45) is -4.51. The van der Waals surface area contributed by atoms with Crippen LogP contribution in [-0.4, -0.2) is 9.97 Å². The molecule has 0 fully saturated rings. The van der Waals surface area contributed by atoms with Crippen LogP contribution in [-0.2, 0) is 11.9 Å². The van der Waals surface area contributed by atoms with Gasteiger partial charge in [0.15, 0.2) is 0 Å². The minimum absolute atomic E-state index is 0.235. The van der Waals surface area contributed by atoms with Crippen LogP contribution in [0.5, 0.6) is 0 Å². The molecule has 0 amide bonds. The summed E-state index contributed by atoms with van der Waals surface area (Å²) < 4.78 is 38.6. The van der Waals surface area contributed by atoms with Crippen molar-refractivity contribution in [1.29, 1.82) is 0 Å². The topological polar surface area (TPSA) is 45.8 Å². The first-order chi connectivity index (χ1) is 11.3. The highest BCUT2D eigenvalue weighted by Crippen LogP contribution is 2.37. The summed E-state index contributed by atoms with van der Waals surface area (Å²) in [6, 6.07) is 10.6. The second-order valence-electron chi connectivity index (χ2n) is 4.96. The molecule has 0 aliphatic heterocycles. The van der Waals surface area contributed by atoms with Gasteiger partial charge in [0, 0.05) is 4.90 Å². The predicted molar refractivity (Wildman–Crippen MR) is 88.4 cm³/mol. The van der Waals surface area contributed by atoms with E-state index in [4.69, 9.17) is 11.6 Å². The van der Waals surface area contributed by atoms with Crippen molar-refractivity contribution in [3.05, 3.63) is 69.2 Å². The van der Waals surface area contributed by atoms with Crippen LogP contribution in [0, 0.1) is 0 Å². The first kappa shape index (κ1) is 16.9. The minimum Gasteiger partial charge on any atom is -0.309 e. The van der Waals surface area contributed by atoms with Crippen LogP contribution < -0.4 is 5.56 Å². The summed E-state index contributed by atoms with van der Waals surface area (Å²) in [5.74, 6) is 0.631. The van der Waals surface area contributed by atoms with Crippen LogP contribution in [0.3, 0.4) is 0 Å². The summed E-state index contributed by atoms with van der Waals surface area (Å²) in [5, 5.41) is 0.126. The lowest BCUT2D eigenvalue weighted by atomic mass is 10.2. The molecule has 0 aliphatic rings. The Morgan fingerprint density at radius 1 is 1.17 bits per heavy atom. The highest BCUT2D eigenvalue weighted by atomic mass is 35.5. The zero-order valence-corrected chi connectivity index (χ0v) is 13.6. The maximum absolute atomic E-state index is 12.9. The van der Waals surface area contributed by atoms with Gasteiger partial charge in [0.25, 0.3) is 5.56 Å². The number of para-hydroxylation sites is 1. The molecule has 1 heterocycles. The van der Waals surface area contributed by atoms with Crippen molar-refractivity contribution in [2.45, 2.75) is 16.8 Å². The zero-order valence-electron chi connectivity index (χ0n) is 12.0. The SMILES string of the molecule is O=c1[nH]c(CSc2ccc(Cl)c(C(F)(F)F)c2)nc2ccccc12. The van der Waals surface area contributed by atoms with E-state index in [1.807, 2.05) is 0 Å². The van der Waals surface area contributed by atoms with Gasteiger partial charge in [-0.05, 0) is 30.3 Å². The van der Waals surface area contributed by atoms with Crippen molar-refractivity contribution in [3.8, 4) is 0 Å². The van der Waals surface area contributed by atoms with Crippen LogP contribution in [0.25, 0.3) is 10.9 Å². The van der Waals surface area contributed by atoms with Gasteiger partial charge in [0.1, 0.15) is 5.82 Å². The van der Waals surface area contributed by atoms with Gasteiger partial charge in [0.2, 0.25) is 0 Å². The smallest absolute Gasteiger partial charge is 0.309 e. The fraction of sp³-hybridized carbons (Fsp3) is 0.125. The van der Waals surface area contributed by atoms with Crippen LogP contribution in [0.1, 0.15) is 11.4 Å². The zero-order chi connectivity index (χ0) is 17.3. The Morgan fingerprint density at radius 2 is 1.92 bits per heavy atom. The molecule has 24 heavy (non-hydrogen) atoms. The molecule has 3 rings (SSSR count). The average molecular weight is 371 g/mol. The number of hydrogen-bond acceptors (Lipinski definition) is 3. The van der Waals surface area contributed by atoms with Gasteiger partial charge in [0.05, 0.1) is 27.2 Å². The van der Waals surface area contributed by atoms with E-state index in [-0.39, 0.29) is 16.3 Å². The first-order valence-electron chi connectivity index (χ1n) is 6.82. The molecule has 1 N–H and O–H groups in total. The average Bonchev–Trinajstić information content (AvgIpc) is 2.53. The molecule has 3 aromatic rings. The van der Waals surface area contributed by atoms with E-state index in [0.717, 1.165) is 17.8 Å². The van der Waals surface area contributed by atoms with Crippen molar-refractivity contribution in [3.63, 3.8) is 0 Å². The molecular weight excluding hydrogens is 361 g/mol. The van der Waals surface area contributed by atoms with Gasteiger partial charge in [-0.2, -0.15) is 13.2 Å². The normalized spacial score (nSPS) is 11.8. The standard InChI is InChI=1S/C16H10ClF3N2OS/c17-12-6-5-9(7-11(12)16(18,19)20)24-8-14-21-13-4-2-1-3-10(13)15(23)22-14/h1-7H,8H2,(H,21,22,23). The van der Waals surface area contributed by atoms with Crippen molar-refractivity contribution in [1.82, 2.24) is 9.97 Å². The van der Waals surface area contributed by atoms with Crippen molar-refractivity contribution in [2.24, 2.45) is 0 Å². The third kappa shape index (κ3) is 3.57. The number of alkyl halides is 3. The molecule has 2 aromatic carbocycles. The largest absolute Gasteiger partial charge is 0.417 e. The summed E-state index contributed by atoms with van der Waals surface area (Å²) >= 11 is 6.73. The van der Waals surface area contributed by atoms with Gasteiger partial charge >= 0.3 is 6.18 Å². The first-order valence-corrected chi connectivity index (χ1v) is 8.18. The van der Waals surface area contributed by atoms with Crippen molar-refractivity contribution < 1.29 is 13.2 Å². The highest BCUT2D eigenvalue weighted by Gasteiger charge is 2.33. The third-order valence-corrected chi connectivity index (χ3v) is 4.62. The summed E-state index contributed by atoms with van der Waals surface area (Å²) in [7, 11) is 0. The molecule has 0 aliphatic carbocycles. The van der Waals surface area contributed by atoms with E-state index in [1.54, 1.807) is 24.3 Å². The van der Waals surface area contributed by atoms with Crippen LogP contribution >= 0.6 is 23.4 Å². The molecule has 124 valence electrons. The number of halogens is 4. The lowest BCUT2D eigenvalue weighted by Gasteiger charge is -2.10. The molecule has 0 radical (unpaired) electrons. The Labute approximate surface area is 143 Å². The molecule has 0 saturated carbocycles. The molecule has 0 atom stereocenters. The summed E-state index contributed by atoms with van der Waals surface area (Å²) in [6.45, 7) is 0. The van der Waals surface area contributed by atoms with Crippen LogP contribution in [0.15, 0.2) is 52.2 Å². The lowest BCUT2D eigenvalue weighted by molar-refractivity contribution is -0.137.